The lowest BCUT2D eigenvalue weighted by molar-refractivity contribution is 0.0932. The van der Waals surface area contributed by atoms with Crippen LogP contribution in [0.1, 0.15) is 22.3 Å². The molecule has 0 spiro atoms. The Labute approximate surface area is 95.4 Å². The van der Waals surface area contributed by atoms with E-state index in [9.17, 15) is 13.2 Å². The van der Waals surface area contributed by atoms with Gasteiger partial charge < -0.3 is 0 Å². The third kappa shape index (κ3) is 2.16. The zero-order valence-electron chi connectivity index (χ0n) is 9.14. The van der Waals surface area contributed by atoms with E-state index in [1.54, 1.807) is 6.07 Å². The van der Waals surface area contributed by atoms with Crippen molar-refractivity contribution >= 4 is 15.6 Å². The maximum Gasteiger partial charge on any atom is 0.167 e. The van der Waals surface area contributed by atoms with E-state index in [0.29, 0.717) is 12.0 Å². The smallest absolute Gasteiger partial charge is 0.167 e. The number of carbonyl (C=O) groups is 1. The molecule has 0 amide bonds. The molecule has 4 heteroatoms. The van der Waals surface area contributed by atoms with E-state index in [1.165, 1.54) is 0 Å². The highest BCUT2D eigenvalue weighted by Crippen LogP contribution is 2.23. The molecule has 2 rings (SSSR count). The average molecular weight is 238 g/mol. The summed E-state index contributed by atoms with van der Waals surface area (Å²) >= 11 is 0. The fourth-order valence-electron chi connectivity index (χ4n) is 2.07. The molecule has 1 fully saturated rings. The summed E-state index contributed by atoms with van der Waals surface area (Å²) in [6.45, 7) is 1.87. The van der Waals surface area contributed by atoms with Crippen molar-refractivity contribution in [2.75, 3.05) is 11.5 Å². The van der Waals surface area contributed by atoms with Gasteiger partial charge in [0, 0.05) is 11.5 Å². The van der Waals surface area contributed by atoms with Crippen LogP contribution in [0.25, 0.3) is 0 Å². The van der Waals surface area contributed by atoms with Crippen molar-refractivity contribution in [2.24, 2.45) is 5.92 Å². The molecular weight excluding hydrogens is 224 g/mol. The van der Waals surface area contributed by atoms with E-state index in [2.05, 4.69) is 0 Å². The molecule has 16 heavy (non-hydrogen) atoms. The first-order chi connectivity index (χ1) is 7.49. The van der Waals surface area contributed by atoms with E-state index in [4.69, 9.17) is 0 Å². The largest absolute Gasteiger partial charge is 0.294 e. The van der Waals surface area contributed by atoms with Crippen molar-refractivity contribution in [2.45, 2.75) is 13.3 Å². The molecule has 1 unspecified atom stereocenters. The molecular formula is C12H14O3S. The van der Waals surface area contributed by atoms with E-state index < -0.39 is 9.84 Å². The summed E-state index contributed by atoms with van der Waals surface area (Å²) in [4.78, 5) is 12.1. The molecule has 0 aliphatic carbocycles. The molecule has 1 aromatic rings. The van der Waals surface area contributed by atoms with Gasteiger partial charge >= 0.3 is 0 Å². The molecule has 0 bridgehead atoms. The topological polar surface area (TPSA) is 51.2 Å². The Hall–Kier alpha value is -1.16. The van der Waals surface area contributed by atoms with Gasteiger partial charge in [-0.1, -0.05) is 24.3 Å². The van der Waals surface area contributed by atoms with Crippen LogP contribution in [0.4, 0.5) is 0 Å². The summed E-state index contributed by atoms with van der Waals surface area (Å²) in [5.41, 5.74) is 1.57. The Morgan fingerprint density at radius 2 is 2.00 bits per heavy atom. The maximum atomic E-state index is 12.1. The van der Waals surface area contributed by atoms with Gasteiger partial charge in [0.2, 0.25) is 0 Å². The standard InChI is InChI=1S/C12H14O3S/c1-9-4-2-3-5-11(9)12(13)10-6-7-16(14,15)8-10/h2-5,10H,6-8H2,1H3. The molecule has 0 radical (unpaired) electrons. The lowest BCUT2D eigenvalue weighted by Gasteiger charge is -2.08. The summed E-state index contributed by atoms with van der Waals surface area (Å²) in [5, 5.41) is 0. The van der Waals surface area contributed by atoms with Gasteiger partial charge in [0.05, 0.1) is 11.5 Å². The first kappa shape index (κ1) is 11.3. The third-order valence-electron chi connectivity index (χ3n) is 3.01. The van der Waals surface area contributed by atoms with E-state index in [0.717, 1.165) is 5.56 Å². The Kier molecular flexibility index (Phi) is 2.84. The van der Waals surface area contributed by atoms with Crippen LogP contribution in [0.5, 0.6) is 0 Å². The second-order valence-corrected chi connectivity index (χ2v) is 6.51. The van der Waals surface area contributed by atoms with Crippen molar-refractivity contribution in [3.8, 4) is 0 Å². The van der Waals surface area contributed by atoms with Gasteiger partial charge in [-0.25, -0.2) is 8.42 Å². The predicted octanol–water partition coefficient (Wildman–Crippen LogP) is 1.61. The number of Topliss-reactive ketones (excluding diaryl/α,β-unsaturated/α-hetero) is 1. The molecule has 1 aliphatic rings. The van der Waals surface area contributed by atoms with E-state index >= 15 is 0 Å². The van der Waals surface area contributed by atoms with Gasteiger partial charge in [-0.2, -0.15) is 0 Å². The number of sulfone groups is 1. The molecule has 1 aromatic carbocycles. The minimum absolute atomic E-state index is 0.0141. The minimum atomic E-state index is -2.98. The first-order valence-corrected chi connectivity index (χ1v) is 7.12. The number of carbonyl (C=O) groups excluding carboxylic acids is 1. The number of benzene rings is 1. The van der Waals surface area contributed by atoms with Crippen LogP contribution in [0.2, 0.25) is 0 Å². The number of aryl methyl sites for hydroxylation is 1. The monoisotopic (exact) mass is 238 g/mol. The zero-order valence-corrected chi connectivity index (χ0v) is 9.96. The predicted molar refractivity (Wildman–Crippen MR) is 62.3 cm³/mol. The summed E-state index contributed by atoms with van der Waals surface area (Å²) in [6, 6.07) is 7.32. The van der Waals surface area contributed by atoms with Gasteiger partial charge in [-0.15, -0.1) is 0 Å². The average Bonchev–Trinajstić information content (AvgIpc) is 2.59. The van der Waals surface area contributed by atoms with Gasteiger partial charge in [0.15, 0.2) is 15.6 Å². The number of hydrogen-bond acceptors (Lipinski definition) is 3. The third-order valence-corrected chi connectivity index (χ3v) is 4.78. The van der Waals surface area contributed by atoms with Crippen LogP contribution in [0, 0.1) is 12.8 Å². The quantitative estimate of drug-likeness (QED) is 0.735. The van der Waals surface area contributed by atoms with Gasteiger partial charge in [0.25, 0.3) is 0 Å². The molecule has 0 aromatic heterocycles. The van der Waals surface area contributed by atoms with E-state index in [1.807, 2.05) is 25.1 Å². The molecule has 1 heterocycles. The number of ketones is 1. The normalized spacial score (nSPS) is 23.2. The second-order valence-electron chi connectivity index (χ2n) is 4.28. The molecule has 1 atom stereocenters. The molecule has 3 nitrogen and oxygen atoms in total. The van der Waals surface area contributed by atoms with Crippen molar-refractivity contribution in [1.82, 2.24) is 0 Å². The first-order valence-electron chi connectivity index (χ1n) is 5.30. The van der Waals surface area contributed by atoms with Gasteiger partial charge in [-0.05, 0) is 18.9 Å². The molecule has 0 saturated carbocycles. The second kappa shape index (κ2) is 4.01. The van der Waals surface area contributed by atoms with Crippen molar-refractivity contribution in [1.29, 1.82) is 0 Å². The van der Waals surface area contributed by atoms with Crippen molar-refractivity contribution < 1.29 is 13.2 Å². The van der Waals surface area contributed by atoms with Crippen molar-refractivity contribution in [3.05, 3.63) is 35.4 Å². The molecule has 1 aliphatic heterocycles. The molecule has 0 N–H and O–H groups in total. The fourth-order valence-corrected chi connectivity index (χ4v) is 3.81. The number of hydrogen-bond donors (Lipinski definition) is 0. The van der Waals surface area contributed by atoms with Crippen LogP contribution in [0.3, 0.4) is 0 Å². The van der Waals surface area contributed by atoms with Crippen LogP contribution < -0.4 is 0 Å². The summed E-state index contributed by atoms with van der Waals surface area (Å²) in [6.07, 6.45) is 0.468. The summed E-state index contributed by atoms with van der Waals surface area (Å²) < 4.78 is 22.6. The van der Waals surface area contributed by atoms with Gasteiger partial charge in [-0.3, -0.25) is 4.79 Å². The zero-order chi connectivity index (χ0) is 11.8. The highest BCUT2D eigenvalue weighted by atomic mass is 32.2. The maximum absolute atomic E-state index is 12.1. The summed E-state index contributed by atoms with van der Waals surface area (Å²) in [7, 11) is -2.98. The van der Waals surface area contributed by atoms with Gasteiger partial charge in [0.1, 0.15) is 0 Å². The number of rotatable bonds is 2. The Balaban J connectivity index is 2.25. The summed E-state index contributed by atoms with van der Waals surface area (Å²) in [5.74, 6) is -0.208. The van der Waals surface area contributed by atoms with Crippen LogP contribution in [0.15, 0.2) is 24.3 Å². The minimum Gasteiger partial charge on any atom is -0.294 e. The van der Waals surface area contributed by atoms with Crippen LogP contribution >= 0.6 is 0 Å². The lowest BCUT2D eigenvalue weighted by Crippen LogP contribution is -2.17. The van der Waals surface area contributed by atoms with Crippen LogP contribution in [-0.2, 0) is 9.84 Å². The van der Waals surface area contributed by atoms with E-state index in [-0.39, 0.29) is 23.2 Å². The lowest BCUT2D eigenvalue weighted by atomic mass is 9.94. The SMILES string of the molecule is Cc1ccccc1C(=O)C1CCS(=O)(=O)C1. The Morgan fingerprint density at radius 3 is 2.56 bits per heavy atom. The Morgan fingerprint density at radius 1 is 1.31 bits per heavy atom. The fraction of sp³-hybridized carbons (Fsp3) is 0.417. The Bertz CT molecular complexity index is 517. The molecule has 1 saturated heterocycles. The highest BCUT2D eigenvalue weighted by Gasteiger charge is 2.33. The molecule has 86 valence electrons. The van der Waals surface area contributed by atoms with Crippen molar-refractivity contribution in [3.63, 3.8) is 0 Å². The highest BCUT2D eigenvalue weighted by molar-refractivity contribution is 7.91. The van der Waals surface area contributed by atoms with Crippen LogP contribution in [-0.4, -0.2) is 25.7 Å².